The number of benzene rings is 2. The minimum Gasteiger partial charge on any atom is -0.381 e. The number of hydrogen-bond acceptors (Lipinski definition) is 3. The van der Waals surface area contributed by atoms with E-state index in [1.807, 2.05) is 25.1 Å². The number of aryl methyl sites for hydroxylation is 1. The first-order chi connectivity index (χ1) is 9.65. The zero-order valence-corrected chi connectivity index (χ0v) is 11.2. The van der Waals surface area contributed by atoms with Crippen LogP contribution < -0.4 is 5.32 Å². The highest BCUT2D eigenvalue weighted by atomic mass is 16.6. The molecule has 0 bridgehead atoms. The summed E-state index contributed by atoms with van der Waals surface area (Å²) >= 11 is 0. The van der Waals surface area contributed by atoms with Gasteiger partial charge >= 0.3 is 0 Å². The Balaban J connectivity index is 1.74. The molecule has 2 aromatic carbocycles. The molecule has 0 aromatic heterocycles. The van der Waals surface area contributed by atoms with Gasteiger partial charge in [0, 0.05) is 29.8 Å². The second-order valence-corrected chi connectivity index (χ2v) is 5.26. The largest absolute Gasteiger partial charge is 0.381 e. The van der Waals surface area contributed by atoms with Crippen LogP contribution in [0.5, 0.6) is 0 Å². The number of nitro groups is 1. The third-order valence-electron chi connectivity index (χ3n) is 3.79. The smallest absolute Gasteiger partial charge is 0.271 e. The lowest BCUT2D eigenvalue weighted by Gasteiger charge is -2.09. The summed E-state index contributed by atoms with van der Waals surface area (Å²) in [6, 6.07) is 15.7. The van der Waals surface area contributed by atoms with Gasteiger partial charge in [-0.1, -0.05) is 36.4 Å². The van der Waals surface area contributed by atoms with Gasteiger partial charge in [0.25, 0.3) is 5.69 Å². The fourth-order valence-corrected chi connectivity index (χ4v) is 2.50. The summed E-state index contributed by atoms with van der Waals surface area (Å²) in [7, 11) is 0. The Bertz CT molecular complexity index is 640. The normalized spacial score (nSPS) is 20.4. The molecule has 1 aliphatic rings. The Hall–Kier alpha value is -2.36. The first-order valence-electron chi connectivity index (χ1n) is 6.71. The van der Waals surface area contributed by atoms with Gasteiger partial charge in [-0.15, -0.1) is 0 Å². The molecule has 0 aliphatic heterocycles. The Morgan fingerprint density at radius 3 is 2.65 bits per heavy atom. The Kier molecular flexibility index (Phi) is 3.14. The van der Waals surface area contributed by atoms with Gasteiger partial charge in [-0.3, -0.25) is 10.1 Å². The lowest BCUT2D eigenvalue weighted by atomic mass is 10.1. The van der Waals surface area contributed by atoms with Crippen molar-refractivity contribution in [2.45, 2.75) is 25.3 Å². The SMILES string of the molecule is Cc1ccc([N+](=O)[O-])cc1NC1CC1c1ccccc1. The lowest BCUT2D eigenvalue weighted by molar-refractivity contribution is -0.384. The third-order valence-corrected chi connectivity index (χ3v) is 3.79. The van der Waals surface area contributed by atoms with E-state index in [1.54, 1.807) is 18.2 Å². The number of nitrogens with one attached hydrogen (secondary N) is 1. The molecule has 102 valence electrons. The van der Waals surface area contributed by atoms with Gasteiger partial charge < -0.3 is 5.32 Å². The van der Waals surface area contributed by atoms with Crippen LogP contribution in [0.4, 0.5) is 11.4 Å². The molecule has 0 saturated heterocycles. The van der Waals surface area contributed by atoms with Crippen molar-refractivity contribution < 1.29 is 4.92 Å². The Morgan fingerprint density at radius 2 is 1.95 bits per heavy atom. The molecule has 4 heteroatoms. The van der Waals surface area contributed by atoms with E-state index < -0.39 is 0 Å². The van der Waals surface area contributed by atoms with E-state index in [-0.39, 0.29) is 10.6 Å². The van der Waals surface area contributed by atoms with Crippen molar-refractivity contribution in [3.05, 3.63) is 69.8 Å². The number of anilines is 1. The highest BCUT2D eigenvalue weighted by Gasteiger charge is 2.38. The first-order valence-corrected chi connectivity index (χ1v) is 6.71. The van der Waals surface area contributed by atoms with Gasteiger partial charge in [0.05, 0.1) is 4.92 Å². The summed E-state index contributed by atoms with van der Waals surface area (Å²) in [5.41, 5.74) is 3.36. The standard InChI is InChI=1S/C16H16N2O2/c1-11-7-8-13(18(19)20)9-15(11)17-16-10-14(16)12-5-3-2-4-6-12/h2-9,14,16-17H,10H2,1H3. The first kappa shape index (κ1) is 12.7. The maximum absolute atomic E-state index is 10.8. The van der Waals surface area contributed by atoms with Crippen molar-refractivity contribution in [3.8, 4) is 0 Å². The maximum atomic E-state index is 10.8. The molecule has 0 spiro atoms. The van der Waals surface area contributed by atoms with Crippen molar-refractivity contribution >= 4 is 11.4 Å². The summed E-state index contributed by atoms with van der Waals surface area (Å²) in [4.78, 5) is 10.5. The Labute approximate surface area is 117 Å². The van der Waals surface area contributed by atoms with Crippen molar-refractivity contribution in [2.24, 2.45) is 0 Å². The molecular weight excluding hydrogens is 252 g/mol. The molecular formula is C16H16N2O2. The van der Waals surface area contributed by atoms with Crippen molar-refractivity contribution in [1.29, 1.82) is 0 Å². The van der Waals surface area contributed by atoms with Crippen LogP contribution in [0.3, 0.4) is 0 Å². The van der Waals surface area contributed by atoms with Crippen LogP contribution >= 0.6 is 0 Å². The maximum Gasteiger partial charge on any atom is 0.271 e. The number of nitro benzene ring substituents is 1. The van der Waals surface area contributed by atoms with E-state index in [0.717, 1.165) is 17.7 Å². The predicted octanol–water partition coefficient (Wildman–Crippen LogP) is 3.87. The van der Waals surface area contributed by atoms with Gasteiger partial charge in [0.2, 0.25) is 0 Å². The van der Waals surface area contributed by atoms with E-state index >= 15 is 0 Å². The zero-order chi connectivity index (χ0) is 14.1. The van der Waals surface area contributed by atoms with Gasteiger partial charge in [-0.2, -0.15) is 0 Å². The second kappa shape index (κ2) is 4.96. The molecule has 2 aromatic rings. The molecule has 2 unspecified atom stereocenters. The van der Waals surface area contributed by atoms with E-state index in [9.17, 15) is 10.1 Å². The van der Waals surface area contributed by atoms with Crippen LogP contribution in [-0.4, -0.2) is 11.0 Å². The van der Waals surface area contributed by atoms with E-state index in [2.05, 4.69) is 17.4 Å². The summed E-state index contributed by atoms with van der Waals surface area (Å²) in [6.07, 6.45) is 1.08. The number of nitrogens with zero attached hydrogens (tertiary/aromatic N) is 1. The fraction of sp³-hybridized carbons (Fsp3) is 0.250. The highest BCUT2D eigenvalue weighted by Crippen LogP contribution is 2.43. The molecule has 0 radical (unpaired) electrons. The Morgan fingerprint density at radius 1 is 1.20 bits per heavy atom. The van der Waals surface area contributed by atoms with Crippen molar-refractivity contribution in [1.82, 2.24) is 0 Å². The molecule has 4 nitrogen and oxygen atoms in total. The van der Waals surface area contributed by atoms with Crippen LogP contribution in [0.15, 0.2) is 48.5 Å². The minimum absolute atomic E-state index is 0.134. The monoisotopic (exact) mass is 268 g/mol. The zero-order valence-electron chi connectivity index (χ0n) is 11.2. The quantitative estimate of drug-likeness (QED) is 0.676. The van der Waals surface area contributed by atoms with Gasteiger partial charge in [0.15, 0.2) is 0 Å². The summed E-state index contributed by atoms with van der Waals surface area (Å²) < 4.78 is 0. The predicted molar refractivity (Wildman–Crippen MR) is 79.0 cm³/mol. The number of non-ortho nitro benzene ring substituents is 1. The highest BCUT2D eigenvalue weighted by molar-refractivity contribution is 5.58. The molecule has 1 fully saturated rings. The van der Waals surface area contributed by atoms with Crippen LogP contribution in [-0.2, 0) is 0 Å². The molecule has 0 heterocycles. The van der Waals surface area contributed by atoms with Crippen LogP contribution in [0, 0.1) is 17.0 Å². The molecule has 1 saturated carbocycles. The van der Waals surface area contributed by atoms with Crippen molar-refractivity contribution in [3.63, 3.8) is 0 Å². The number of hydrogen-bond donors (Lipinski definition) is 1. The van der Waals surface area contributed by atoms with Crippen LogP contribution in [0.2, 0.25) is 0 Å². The van der Waals surface area contributed by atoms with Crippen molar-refractivity contribution in [2.75, 3.05) is 5.32 Å². The summed E-state index contributed by atoms with van der Waals surface area (Å²) in [6.45, 7) is 1.96. The molecule has 20 heavy (non-hydrogen) atoms. The average Bonchev–Trinajstić information content (AvgIpc) is 3.21. The molecule has 0 amide bonds. The summed E-state index contributed by atoms with van der Waals surface area (Å²) in [5, 5.41) is 14.3. The van der Waals surface area contributed by atoms with Gasteiger partial charge in [-0.05, 0) is 24.5 Å². The molecule has 1 N–H and O–H groups in total. The van der Waals surface area contributed by atoms with Crippen LogP contribution in [0.1, 0.15) is 23.5 Å². The molecule has 2 atom stereocenters. The third kappa shape index (κ3) is 2.50. The van der Waals surface area contributed by atoms with E-state index in [0.29, 0.717) is 12.0 Å². The molecule has 1 aliphatic carbocycles. The van der Waals surface area contributed by atoms with Gasteiger partial charge in [-0.25, -0.2) is 0 Å². The lowest BCUT2D eigenvalue weighted by Crippen LogP contribution is -2.06. The fourth-order valence-electron chi connectivity index (χ4n) is 2.50. The minimum atomic E-state index is -0.355. The van der Waals surface area contributed by atoms with Gasteiger partial charge in [0.1, 0.15) is 0 Å². The van der Waals surface area contributed by atoms with E-state index in [1.165, 1.54) is 5.56 Å². The second-order valence-electron chi connectivity index (χ2n) is 5.26. The average molecular weight is 268 g/mol. The molecule has 3 rings (SSSR count). The van der Waals surface area contributed by atoms with E-state index in [4.69, 9.17) is 0 Å². The van der Waals surface area contributed by atoms with Crippen LogP contribution in [0.25, 0.3) is 0 Å². The topological polar surface area (TPSA) is 55.2 Å². The number of rotatable bonds is 4. The summed E-state index contributed by atoms with van der Waals surface area (Å²) in [5.74, 6) is 0.509.